The second-order valence-electron chi connectivity index (χ2n) is 13.8. The maximum atomic E-state index is 12.2. The topological polar surface area (TPSA) is 146 Å². The van der Waals surface area contributed by atoms with Crippen molar-refractivity contribution in [3.8, 4) is 0 Å². The molecule has 2 aliphatic heterocycles. The van der Waals surface area contributed by atoms with E-state index in [1.165, 1.54) is 0 Å². The predicted octanol–water partition coefficient (Wildman–Crippen LogP) is 3.41. The highest BCUT2D eigenvalue weighted by Crippen LogP contribution is 2.25. The molecule has 0 atom stereocenters. The number of piperidine rings is 1. The highest BCUT2D eigenvalue weighted by Gasteiger charge is 2.30. The van der Waals surface area contributed by atoms with Gasteiger partial charge in [0.15, 0.2) is 5.96 Å². The molecule has 0 bridgehead atoms. The van der Waals surface area contributed by atoms with E-state index in [0.29, 0.717) is 36.9 Å². The number of aliphatic imine (C=N–C) groups is 1. The molecule has 42 heavy (non-hydrogen) atoms. The molecule has 244 valence electrons. The Labute approximate surface area is 256 Å². The van der Waals surface area contributed by atoms with Crippen LogP contribution in [0.1, 0.15) is 106 Å². The zero-order valence-corrected chi connectivity index (χ0v) is 27.8. The van der Waals surface area contributed by atoms with Gasteiger partial charge in [0.05, 0.1) is 5.82 Å². The van der Waals surface area contributed by atoms with Crippen LogP contribution < -0.4 is 22.5 Å². The van der Waals surface area contributed by atoms with Crippen LogP contribution in [0.5, 0.6) is 0 Å². The number of piperazine rings is 1. The minimum Gasteiger partial charge on any atom is -0.386 e. The average Bonchev–Trinajstić information content (AvgIpc) is 2.91. The summed E-state index contributed by atoms with van der Waals surface area (Å²) in [6, 6.07) is 0. The zero-order valence-electron chi connectivity index (χ0n) is 27.8. The van der Waals surface area contributed by atoms with Crippen molar-refractivity contribution < 1.29 is 9.59 Å². The van der Waals surface area contributed by atoms with Gasteiger partial charge in [0.25, 0.3) is 0 Å². The van der Waals surface area contributed by atoms with E-state index in [0.717, 1.165) is 97.2 Å². The Hall–Kier alpha value is -2.33. The van der Waals surface area contributed by atoms with Gasteiger partial charge in [-0.2, -0.15) is 0 Å². The molecule has 10 nitrogen and oxygen atoms in total. The van der Waals surface area contributed by atoms with Crippen LogP contribution in [0, 0.1) is 5.92 Å². The molecule has 1 amide bonds. The van der Waals surface area contributed by atoms with E-state index in [1.54, 1.807) is 0 Å². The van der Waals surface area contributed by atoms with E-state index in [2.05, 4.69) is 68.2 Å². The van der Waals surface area contributed by atoms with E-state index < -0.39 is 0 Å². The summed E-state index contributed by atoms with van der Waals surface area (Å²) in [7, 11) is 0. The van der Waals surface area contributed by atoms with Crippen molar-refractivity contribution in [1.82, 2.24) is 20.0 Å². The van der Waals surface area contributed by atoms with Crippen molar-refractivity contribution in [2.45, 2.75) is 117 Å². The van der Waals surface area contributed by atoms with E-state index >= 15 is 0 Å². The number of amides is 1. The smallest absolute Gasteiger partial charge is 0.222 e. The van der Waals surface area contributed by atoms with Gasteiger partial charge in [-0.1, -0.05) is 19.4 Å². The third kappa shape index (κ3) is 16.3. The summed E-state index contributed by atoms with van der Waals surface area (Å²) < 4.78 is 0. The first-order valence-electron chi connectivity index (χ1n) is 16.2. The third-order valence-electron chi connectivity index (χ3n) is 8.28. The number of nitrogens with one attached hydrogen (secondary N) is 1. The molecule has 10 heteroatoms. The number of nitrogens with zero attached hydrogens (tertiary/aromatic N) is 4. The summed E-state index contributed by atoms with van der Waals surface area (Å²) in [5.74, 6) is 1.70. The Morgan fingerprint density at radius 2 is 1.29 bits per heavy atom. The fourth-order valence-electron chi connectivity index (χ4n) is 5.48. The summed E-state index contributed by atoms with van der Waals surface area (Å²) in [6.07, 6.45) is 9.37. The molecule has 0 aromatic rings. The fourth-order valence-corrected chi connectivity index (χ4v) is 5.48. The van der Waals surface area contributed by atoms with E-state index in [9.17, 15) is 9.59 Å². The van der Waals surface area contributed by atoms with Gasteiger partial charge in [-0.05, 0) is 93.2 Å². The van der Waals surface area contributed by atoms with Gasteiger partial charge in [0.1, 0.15) is 5.78 Å². The number of rotatable bonds is 14. The van der Waals surface area contributed by atoms with Crippen LogP contribution in [-0.4, -0.2) is 95.8 Å². The largest absolute Gasteiger partial charge is 0.386 e. The lowest BCUT2D eigenvalue weighted by atomic mass is 9.88. The lowest BCUT2D eigenvalue weighted by Gasteiger charge is -2.42. The predicted molar refractivity (Wildman–Crippen MR) is 176 cm³/mol. The van der Waals surface area contributed by atoms with E-state index in [1.807, 2.05) is 4.90 Å². The van der Waals surface area contributed by atoms with Gasteiger partial charge in [-0.3, -0.25) is 24.4 Å². The van der Waals surface area contributed by atoms with Crippen molar-refractivity contribution in [2.75, 3.05) is 52.4 Å². The Kier molecular flexibility index (Phi) is 17.1. The average molecular weight is 593 g/mol. The summed E-state index contributed by atoms with van der Waals surface area (Å²) in [5.41, 5.74) is 16.4. The SMILES string of the molecule is C=C(N)NCCCCCC(=O)N1CCN(C(C)(C)C)CC1.CC(C)(C)N1CCC(C(=O)CCCCCN=C(N)N)CC1. The van der Waals surface area contributed by atoms with Gasteiger partial charge in [0, 0.05) is 69.1 Å². The molecule has 0 saturated carbocycles. The number of carbonyl (C=O) groups excluding carboxylic acids is 2. The maximum Gasteiger partial charge on any atom is 0.222 e. The van der Waals surface area contributed by atoms with Crippen LogP contribution in [-0.2, 0) is 9.59 Å². The van der Waals surface area contributed by atoms with Crippen molar-refractivity contribution in [1.29, 1.82) is 0 Å². The van der Waals surface area contributed by atoms with Crippen LogP contribution in [0.3, 0.4) is 0 Å². The monoisotopic (exact) mass is 593 g/mol. The molecule has 0 aliphatic carbocycles. The fraction of sp³-hybridized carbons (Fsp3) is 0.844. The number of Topliss-reactive ketones (excluding diaryl/α,β-unsaturated/α-hetero) is 1. The Balaban J connectivity index is 0.000000420. The van der Waals surface area contributed by atoms with Crippen molar-refractivity contribution in [2.24, 2.45) is 28.1 Å². The van der Waals surface area contributed by atoms with Gasteiger partial charge < -0.3 is 27.4 Å². The first-order valence-corrected chi connectivity index (χ1v) is 16.2. The molecule has 0 spiro atoms. The molecule has 2 fully saturated rings. The molecule has 2 saturated heterocycles. The van der Waals surface area contributed by atoms with Gasteiger partial charge in [-0.25, -0.2) is 0 Å². The number of guanidine groups is 1. The molecule has 7 N–H and O–H groups in total. The molecule has 2 aliphatic rings. The number of nitrogens with two attached hydrogens (primary N) is 3. The van der Waals surface area contributed by atoms with Crippen molar-refractivity contribution in [3.63, 3.8) is 0 Å². The first-order chi connectivity index (χ1) is 19.6. The summed E-state index contributed by atoms with van der Waals surface area (Å²) in [5, 5.41) is 3.00. The second-order valence-corrected chi connectivity index (χ2v) is 13.8. The number of carbonyl (C=O) groups is 2. The molecule has 0 radical (unpaired) electrons. The van der Waals surface area contributed by atoms with E-state index in [4.69, 9.17) is 17.2 Å². The first kappa shape index (κ1) is 37.7. The quantitative estimate of drug-likeness (QED) is 0.136. The summed E-state index contributed by atoms with van der Waals surface area (Å²) in [4.78, 5) is 35.2. The Morgan fingerprint density at radius 3 is 1.81 bits per heavy atom. The Bertz CT molecular complexity index is 826. The van der Waals surface area contributed by atoms with Gasteiger partial charge in [0.2, 0.25) is 5.91 Å². The van der Waals surface area contributed by atoms with Crippen LogP contribution in [0.15, 0.2) is 17.4 Å². The van der Waals surface area contributed by atoms with Crippen molar-refractivity contribution in [3.05, 3.63) is 12.4 Å². The second kappa shape index (κ2) is 19.1. The molecule has 0 aromatic carbocycles. The molecule has 2 rings (SSSR count). The number of likely N-dealkylation sites (tertiary alicyclic amines) is 1. The van der Waals surface area contributed by atoms with Crippen LogP contribution in [0.25, 0.3) is 0 Å². The lowest BCUT2D eigenvalue weighted by molar-refractivity contribution is -0.133. The standard InChI is InChI=1S/2C16H32N4O/c1-14(17)18-9-7-5-6-8-15(21)19-10-12-20(13-11-19)16(2,3)4;1-16(2,3)20-11-8-13(9-12-20)14(21)7-5-4-6-10-19-15(17)18/h18H,1,5-13,17H2,2-4H3;13H,4-12H2,1-3H3,(H4,17,18,19). The molecular weight excluding hydrogens is 528 g/mol. The Morgan fingerprint density at radius 1 is 0.762 bits per heavy atom. The maximum absolute atomic E-state index is 12.2. The minimum atomic E-state index is 0.150. The van der Waals surface area contributed by atoms with Crippen LogP contribution >= 0.6 is 0 Å². The third-order valence-corrected chi connectivity index (χ3v) is 8.28. The number of hydrogen-bond acceptors (Lipinski definition) is 7. The number of hydrogen-bond donors (Lipinski definition) is 4. The highest BCUT2D eigenvalue weighted by molar-refractivity contribution is 5.81. The molecule has 2 heterocycles. The van der Waals surface area contributed by atoms with Crippen LogP contribution in [0.4, 0.5) is 0 Å². The minimum absolute atomic E-state index is 0.150. The van der Waals surface area contributed by atoms with E-state index in [-0.39, 0.29) is 23.0 Å². The summed E-state index contributed by atoms with van der Waals surface area (Å²) in [6.45, 7) is 24.3. The van der Waals surface area contributed by atoms with Gasteiger partial charge in [-0.15, -0.1) is 0 Å². The number of unbranched alkanes of at least 4 members (excludes halogenated alkanes) is 4. The normalized spacial score (nSPS) is 17.2. The zero-order chi connectivity index (χ0) is 31.8. The summed E-state index contributed by atoms with van der Waals surface area (Å²) >= 11 is 0. The molecular formula is C32H64N8O2. The molecule has 0 aromatic heterocycles. The van der Waals surface area contributed by atoms with Gasteiger partial charge >= 0.3 is 0 Å². The molecule has 0 unspecified atom stereocenters. The lowest BCUT2D eigenvalue weighted by Crippen LogP contribution is -2.54. The highest BCUT2D eigenvalue weighted by atomic mass is 16.2. The van der Waals surface area contributed by atoms with Crippen LogP contribution in [0.2, 0.25) is 0 Å². The van der Waals surface area contributed by atoms with Crippen molar-refractivity contribution >= 4 is 17.6 Å². The number of ketones is 1.